The van der Waals surface area contributed by atoms with Crippen LogP contribution in [0.3, 0.4) is 0 Å². The minimum atomic E-state index is 0.568. The van der Waals surface area contributed by atoms with Crippen molar-refractivity contribution in [2.24, 2.45) is 0 Å². The molecule has 2 aromatic heterocycles. The van der Waals surface area contributed by atoms with Gasteiger partial charge >= 0.3 is 0 Å². The summed E-state index contributed by atoms with van der Waals surface area (Å²) < 4.78 is 4.97. The third kappa shape index (κ3) is 4.12. The Balaban J connectivity index is 1.72. The number of nitrogens with zero attached hydrogens (tertiary/aromatic N) is 3. The third-order valence-corrected chi connectivity index (χ3v) is 4.01. The molecule has 5 heteroatoms. The van der Waals surface area contributed by atoms with E-state index in [-0.39, 0.29) is 0 Å². The van der Waals surface area contributed by atoms with Gasteiger partial charge in [0, 0.05) is 31.4 Å². The molecule has 0 unspecified atom stereocenters. The number of rotatable bonds is 5. The second-order valence-electron chi connectivity index (χ2n) is 5.55. The Morgan fingerprint density at radius 2 is 2.10 bits per heavy atom. The molecule has 1 saturated heterocycles. The van der Waals surface area contributed by atoms with Crippen molar-refractivity contribution in [2.75, 3.05) is 13.1 Å². The van der Waals surface area contributed by atoms with Crippen LogP contribution in [0.2, 0.25) is 0 Å². The van der Waals surface area contributed by atoms with Crippen molar-refractivity contribution in [1.82, 2.24) is 20.4 Å². The molecule has 5 nitrogen and oxygen atoms in total. The molecule has 1 aliphatic rings. The summed E-state index contributed by atoms with van der Waals surface area (Å²) in [7, 11) is 0. The molecule has 0 saturated carbocycles. The fourth-order valence-electron chi connectivity index (χ4n) is 2.91. The highest BCUT2D eigenvalue weighted by molar-refractivity contribution is 5.05. The van der Waals surface area contributed by atoms with E-state index < -0.39 is 0 Å². The van der Waals surface area contributed by atoms with Gasteiger partial charge in [-0.1, -0.05) is 11.2 Å². The van der Waals surface area contributed by atoms with Crippen LogP contribution >= 0.6 is 0 Å². The van der Waals surface area contributed by atoms with E-state index >= 15 is 0 Å². The first kappa shape index (κ1) is 14.2. The van der Waals surface area contributed by atoms with Crippen LogP contribution in [0.5, 0.6) is 0 Å². The molecule has 3 rings (SSSR count). The Hall–Kier alpha value is -1.72. The molecule has 0 aliphatic carbocycles. The number of nitrogens with one attached hydrogen (secondary N) is 1. The zero-order chi connectivity index (χ0) is 14.3. The third-order valence-electron chi connectivity index (χ3n) is 4.01. The zero-order valence-electron chi connectivity index (χ0n) is 12.2. The summed E-state index contributed by atoms with van der Waals surface area (Å²) >= 11 is 0. The van der Waals surface area contributed by atoms with Gasteiger partial charge < -0.3 is 9.84 Å². The molecule has 1 fully saturated rings. The molecule has 2 aromatic rings. The molecular weight excluding hydrogens is 264 g/mol. The van der Waals surface area contributed by atoms with Crippen molar-refractivity contribution in [3.8, 4) is 0 Å². The molecule has 0 aromatic carbocycles. The van der Waals surface area contributed by atoms with Crippen LogP contribution in [0.1, 0.15) is 30.7 Å². The lowest BCUT2D eigenvalue weighted by molar-refractivity contribution is 0.158. The predicted molar refractivity (Wildman–Crippen MR) is 80.5 cm³/mol. The first-order valence-electron chi connectivity index (χ1n) is 7.66. The van der Waals surface area contributed by atoms with E-state index in [1.807, 2.05) is 24.4 Å². The Labute approximate surface area is 125 Å². The molecule has 1 N–H and O–H groups in total. The highest BCUT2D eigenvalue weighted by Gasteiger charge is 2.21. The van der Waals surface area contributed by atoms with E-state index in [0.29, 0.717) is 6.04 Å². The first-order valence-corrected chi connectivity index (χ1v) is 7.66. The molecule has 0 amide bonds. The standard InChI is InChI=1S/C16H22N4O/c1-2-9-18-14(4-1)12-20(13-15-7-11-21-19-15)16-5-3-8-17-10-6-16/h1-2,4,7,9,11,16-17H,3,5-6,8,10,12-13H2/t16-/m0/s1. The summed E-state index contributed by atoms with van der Waals surface area (Å²) in [4.78, 5) is 6.94. The van der Waals surface area contributed by atoms with Gasteiger partial charge in [-0.2, -0.15) is 0 Å². The minimum Gasteiger partial charge on any atom is -0.364 e. The zero-order valence-corrected chi connectivity index (χ0v) is 12.2. The lowest BCUT2D eigenvalue weighted by Crippen LogP contribution is -2.35. The maximum atomic E-state index is 4.97. The number of hydrogen-bond acceptors (Lipinski definition) is 5. The Morgan fingerprint density at radius 1 is 1.14 bits per heavy atom. The predicted octanol–water partition coefficient (Wildman–Crippen LogP) is 2.21. The number of pyridine rings is 1. The minimum absolute atomic E-state index is 0.568. The number of aromatic nitrogens is 2. The van der Waals surface area contributed by atoms with Crippen LogP contribution < -0.4 is 5.32 Å². The van der Waals surface area contributed by atoms with Crippen LogP contribution in [0.25, 0.3) is 0 Å². The lowest BCUT2D eigenvalue weighted by atomic mass is 10.1. The molecule has 0 radical (unpaired) electrons. The quantitative estimate of drug-likeness (QED) is 0.913. The largest absolute Gasteiger partial charge is 0.364 e. The highest BCUT2D eigenvalue weighted by Crippen LogP contribution is 2.18. The molecule has 21 heavy (non-hydrogen) atoms. The molecular formula is C16H22N4O. The maximum absolute atomic E-state index is 4.97. The summed E-state index contributed by atoms with van der Waals surface area (Å²) in [5.41, 5.74) is 2.10. The first-order chi connectivity index (χ1) is 10.4. The average molecular weight is 286 g/mol. The Kier molecular flexibility index (Phi) is 4.97. The van der Waals surface area contributed by atoms with E-state index in [1.165, 1.54) is 19.3 Å². The van der Waals surface area contributed by atoms with Gasteiger partial charge in [-0.25, -0.2) is 0 Å². The van der Waals surface area contributed by atoms with E-state index in [4.69, 9.17) is 4.52 Å². The summed E-state index contributed by atoms with van der Waals surface area (Å²) in [5, 5.41) is 7.54. The molecule has 0 spiro atoms. The molecule has 1 aliphatic heterocycles. The van der Waals surface area contributed by atoms with E-state index in [0.717, 1.165) is 37.6 Å². The summed E-state index contributed by atoms with van der Waals surface area (Å²) in [6, 6.07) is 8.61. The van der Waals surface area contributed by atoms with Gasteiger partial charge in [0.1, 0.15) is 6.26 Å². The molecule has 1 atom stereocenters. The van der Waals surface area contributed by atoms with E-state index in [1.54, 1.807) is 6.26 Å². The normalized spacial score (nSPS) is 19.6. The average Bonchev–Trinajstić information content (AvgIpc) is 2.87. The highest BCUT2D eigenvalue weighted by atomic mass is 16.5. The second-order valence-corrected chi connectivity index (χ2v) is 5.55. The van der Waals surface area contributed by atoms with Crippen LogP contribution in [0.15, 0.2) is 41.2 Å². The second kappa shape index (κ2) is 7.33. The van der Waals surface area contributed by atoms with Crippen molar-refractivity contribution in [3.05, 3.63) is 48.1 Å². The fourth-order valence-corrected chi connectivity index (χ4v) is 2.91. The van der Waals surface area contributed by atoms with Crippen molar-refractivity contribution in [3.63, 3.8) is 0 Å². The summed E-state index contributed by atoms with van der Waals surface area (Å²) in [5.74, 6) is 0. The van der Waals surface area contributed by atoms with Gasteiger partial charge in [-0.3, -0.25) is 9.88 Å². The SMILES string of the molecule is c1ccc(CN(Cc2ccon2)[C@H]2CCCNCC2)nc1. The summed E-state index contributed by atoms with van der Waals surface area (Å²) in [6.07, 6.45) is 7.12. The van der Waals surface area contributed by atoms with Crippen LogP contribution in [-0.2, 0) is 13.1 Å². The van der Waals surface area contributed by atoms with E-state index in [9.17, 15) is 0 Å². The van der Waals surface area contributed by atoms with Crippen LogP contribution in [0.4, 0.5) is 0 Å². The van der Waals surface area contributed by atoms with Crippen LogP contribution in [0, 0.1) is 0 Å². The fraction of sp³-hybridized carbons (Fsp3) is 0.500. The van der Waals surface area contributed by atoms with Gasteiger partial charge in [0.15, 0.2) is 0 Å². The van der Waals surface area contributed by atoms with Gasteiger partial charge in [0.05, 0.1) is 11.4 Å². The van der Waals surface area contributed by atoms with Crippen molar-refractivity contribution >= 4 is 0 Å². The van der Waals surface area contributed by atoms with Crippen LogP contribution in [-0.4, -0.2) is 34.2 Å². The van der Waals surface area contributed by atoms with Crippen molar-refractivity contribution in [1.29, 1.82) is 0 Å². The Morgan fingerprint density at radius 3 is 2.90 bits per heavy atom. The van der Waals surface area contributed by atoms with E-state index in [2.05, 4.69) is 26.4 Å². The molecule has 0 bridgehead atoms. The van der Waals surface area contributed by atoms with Gasteiger partial charge in [0.2, 0.25) is 0 Å². The summed E-state index contributed by atoms with van der Waals surface area (Å²) in [6.45, 7) is 3.89. The van der Waals surface area contributed by atoms with Gasteiger partial charge in [0.25, 0.3) is 0 Å². The topological polar surface area (TPSA) is 54.2 Å². The monoisotopic (exact) mass is 286 g/mol. The smallest absolute Gasteiger partial charge is 0.124 e. The molecule has 3 heterocycles. The lowest BCUT2D eigenvalue weighted by Gasteiger charge is -2.30. The number of hydrogen-bond donors (Lipinski definition) is 1. The molecule has 112 valence electrons. The Bertz CT molecular complexity index is 506. The van der Waals surface area contributed by atoms with Crippen molar-refractivity contribution in [2.45, 2.75) is 38.4 Å². The van der Waals surface area contributed by atoms with Gasteiger partial charge in [-0.05, 0) is 44.5 Å². The van der Waals surface area contributed by atoms with Gasteiger partial charge in [-0.15, -0.1) is 0 Å². The maximum Gasteiger partial charge on any atom is 0.124 e. The van der Waals surface area contributed by atoms with Crippen molar-refractivity contribution < 1.29 is 4.52 Å².